The molecule has 10 rings (SSSR count). The Labute approximate surface area is 362 Å². The van der Waals surface area contributed by atoms with Gasteiger partial charge in [0.05, 0.1) is 12.2 Å². The van der Waals surface area contributed by atoms with E-state index in [0.29, 0.717) is 82.8 Å². The molecule has 3 aromatic heterocycles. The first-order chi connectivity index (χ1) is 30.5. The van der Waals surface area contributed by atoms with E-state index in [4.69, 9.17) is 5.10 Å². The number of hydrogen-bond donors (Lipinski definition) is 2. The first-order valence-electron chi connectivity index (χ1n) is 21.9. The second-order valence-electron chi connectivity index (χ2n) is 17.6. The highest BCUT2D eigenvalue weighted by atomic mass is 19.1. The molecule has 0 bridgehead atoms. The highest BCUT2D eigenvalue weighted by Crippen LogP contribution is 2.36. The summed E-state index contributed by atoms with van der Waals surface area (Å²) in [5.41, 5.74) is 4.58. The minimum absolute atomic E-state index is 0.0162. The van der Waals surface area contributed by atoms with E-state index in [1.54, 1.807) is 29.1 Å². The summed E-state index contributed by atoms with van der Waals surface area (Å²) in [7, 11) is 0. The molecule has 3 fully saturated rings. The number of imide groups is 1. The zero-order valence-corrected chi connectivity index (χ0v) is 35.4. The molecule has 0 radical (unpaired) electrons. The maximum Gasteiger partial charge on any atom is 0.255 e. The third-order valence-corrected chi connectivity index (χ3v) is 13.7. The van der Waals surface area contributed by atoms with Crippen molar-refractivity contribution < 1.29 is 28.0 Å². The molecule has 1 unspecified atom stereocenters. The van der Waals surface area contributed by atoms with Crippen LogP contribution < -0.4 is 15.5 Å². The van der Waals surface area contributed by atoms with Crippen LogP contribution in [0, 0.1) is 31.4 Å². The number of benzene rings is 2. The van der Waals surface area contributed by atoms with Gasteiger partial charge in [-0.15, -0.1) is 0 Å². The molecule has 5 aliphatic heterocycles. The van der Waals surface area contributed by atoms with Gasteiger partial charge >= 0.3 is 0 Å². The Bertz CT molecular complexity index is 2650. The number of aromatic nitrogens is 5. The Morgan fingerprint density at radius 3 is 2.32 bits per heavy atom. The molecule has 3 saturated heterocycles. The highest BCUT2D eigenvalue weighted by Gasteiger charge is 2.41. The molecule has 17 heteroatoms. The van der Waals surface area contributed by atoms with Crippen LogP contribution in [0.3, 0.4) is 0 Å². The van der Waals surface area contributed by atoms with E-state index in [-0.39, 0.29) is 61.1 Å². The average Bonchev–Trinajstić information content (AvgIpc) is 3.76. The Morgan fingerprint density at radius 2 is 1.56 bits per heavy atom. The number of rotatable bonds is 8. The summed E-state index contributed by atoms with van der Waals surface area (Å²) in [5.74, 6) is -0.314. The number of carbonyl (C=O) groups is 4. The third-order valence-electron chi connectivity index (χ3n) is 13.7. The zero-order chi connectivity index (χ0) is 43.5. The number of nitrogens with zero attached hydrogens (tertiary/aromatic N) is 9. The quantitative estimate of drug-likeness (QED) is 0.201. The molecule has 5 aromatic rings. The minimum atomic E-state index is -0.780. The molecular weight excluding hydrogens is 809 g/mol. The molecule has 326 valence electrons. The largest absolute Gasteiger partial charge is 0.369 e. The second kappa shape index (κ2) is 16.4. The topological polar surface area (TPSA) is 162 Å². The van der Waals surface area contributed by atoms with Gasteiger partial charge in [-0.25, -0.2) is 23.7 Å². The molecule has 0 saturated carbocycles. The van der Waals surface area contributed by atoms with Gasteiger partial charge in [0.25, 0.3) is 5.91 Å². The van der Waals surface area contributed by atoms with E-state index in [1.165, 1.54) is 17.3 Å². The number of carbonyl (C=O) groups excluding carboxylic acids is 4. The van der Waals surface area contributed by atoms with E-state index >= 15 is 8.78 Å². The van der Waals surface area contributed by atoms with Crippen molar-refractivity contribution in [2.24, 2.45) is 5.92 Å². The molecule has 0 aliphatic carbocycles. The highest BCUT2D eigenvalue weighted by molar-refractivity contribution is 6.05. The fourth-order valence-corrected chi connectivity index (χ4v) is 10.3. The maximum absolute atomic E-state index is 16.0. The molecule has 2 N–H and O–H groups in total. The molecule has 8 heterocycles. The first-order valence-corrected chi connectivity index (χ1v) is 21.9. The van der Waals surface area contributed by atoms with Gasteiger partial charge in [0.15, 0.2) is 11.6 Å². The van der Waals surface area contributed by atoms with Gasteiger partial charge in [0.2, 0.25) is 17.7 Å². The molecule has 15 nitrogen and oxygen atoms in total. The van der Waals surface area contributed by atoms with Gasteiger partial charge in [-0.1, -0.05) is 0 Å². The number of aryl methyl sites for hydroxylation is 2. The number of pyridine rings is 1. The average molecular weight is 858 g/mol. The standard InChI is InChI=1S/C46H49F2N11O4/c1-26-43(27(2)51-25-50-26)34-17-29-19-39(49-21-30(29)18-36(34)47)52-40-20-32-11-16-57(42(61)24-59(32)54-40)31-9-12-55(13-10-31)22-28-7-14-56(15-8-28)37-4-3-33-35(44(37)48)23-58(46(33)63)38-5-6-41(60)53-45(38)62/h3-4,17-21,25,28,31,38H,5-16,22-24H2,1-2H3,(H,49,52,54)(H,53,60,62). The molecule has 2 aromatic carbocycles. The summed E-state index contributed by atoms with van der Waals surface area (Å²) >= 11 is 0. The lowest BCUT2D eigenvalue weighted by Gasteiger charge is -2.41. The zero-order valence-electron chi connectivity index (χ0n) is 35.4. The number of likely N-dealkylation sites (tertiary alicyclic amines) is 1. The van der Waals surface area contributed by atoms with Crippen molar-refractivity contribution in [3.63, 3.8) is 0 Å². The van der Waals surface area contributed by atoms with Crippen LogP contribution in [0.2, 0.25) is 0 Å². The Morgan fingerprint density at radius 1 is 0.778 bits per heavy atom. The summed E-state index contributed by atoms with van der Waals surface area (Å²) in [4.78, 5) is 72.0. The van der Waals surface area contributed by atoms with Gasteiger partial charge in [-0.05, 0) is 87.6 Å². The number of amides is 4. The lowest BCUT2D eigenvalue weighted by molar-refractivity contribution is -0.137. The second-order valence-corrected chi connectivity index (χ2v) is 17.6. The van der Waals surface area contributed by atoms with Crippen LogP contribution in [-0.4, -0.2) is 114 Å². The van der Waals surface area contributed by atoms with Gasteiger partial charge in [-0.2, -0.15) is 5.10 Å². The predicted molar refractivity (Wildman–Crippen MR) is 230 cm³/mol. The number of anilines is 3. The summed E-state index contributed by atoms with van der Waals surface area (Å²) in [6.07, 6.45) is 7.85. The van der Waals surface area contributed by atoms with Crippen LogP contribution in [-0.2, 0) is 33.9 Å². The lowest BCUT2D eigenvalue weighted by atomic mass is 9.93. The fraction of sp³-hybridized carbons (Fsp3) is 0.435. The van der Waals surface area contributed by atoms with E-state index in [9.17, 15) is 19.2 Å². The summed E-state index contributed by atoms with van der Waals surface area (Å²) in [6, 6.07) is 9.87. The molecule has 63 heavy (non-hydrogen) atoms. The smallest absolute Gasteiger partial charge is 0.255 e. The molecule has 5 aliphatic rings. The molecule has 0 spiro atoms. The van der Waals surface area contributed by atoms with Crippen LogP contribution in [0.15, 0.2) is 48.9 Å². The van der Waals surface area contributed by atoms with Crippen molar-refractivity contribution in [2.75, 3.05) is 49.5 Å². The predicted octanol–water partition coefficient (Wildman–Crippen LogP) is 5.05. The molecular formula is C46H49F2N11O4. The van der Waals surface area contributed by atoms with E-state index in [1.807, 2.05) is 30.9 Å². The lowest BCUT2D eigenvalue weighted by Crippen LogP contribution is -2.52. The maximum atomic E-state index is 16.0. The number of fused-ring (bicyclic) bond motifs is 3. The number of halogens is 2. The van der Waals surface area contributed by atoms with Crippen molar-refractivity contribution in [3.8, 4) is 11.1 Å². The molecule has 1 atom stereocenters. The number of hydrogen-bond acceptors (Lipinski definition) is 11. The van der Waals surface area contributed by atoms with Crippen molar-refractivity contribution in [3.05, 3.63) is 88.8 Å². The van der Waals surface area contributed by atoms with Crippen LogP contribution in [0.5, 0.6) is 0 Å². The van der Waals surface area contributed by atoms with Gasteiger partial charge in [-0.3, -0.25) is 29.2 Å². The summed E-state index contributed by atoms with van der Waals surface area (Å²) in [6.45, 7) is 8.70. The van der Waals surface area contributed by atoms with Crippen LogP contribution >= 0.6 is 0 Å². The fourth-order valence-electron chi connectivity index (χ4n) is 10.3. The van der Waals surface area contributed by atoms with E-state index in [0.717, 1.165) is 56.4 Å². The Kier molecular flexibility index (Phi) is 10.6. The van der Waals surface area contributed by atoms with Gasteiger partial charge in [0.1, 0.15) is 30.5 Å². The normalized spacial score (nSPS) is 20.3. The Hall–Kier alpha value is -6.36. The van der Waals surface area contributed by atoms with E-state index in [2.05, 4.69) is 35.4 Å². The number of nitrogens with one attached hydrogen (secondary N) is 2. The Balaban J connectivity index is 0.706. The van der Waals surface area contributed by atoms with Crippen LogP contribution in [0.1, 0.15) is 71.5 Å². The SMILES string of the molecule is Cc1ncnc(C)c1-c1cc2cc(Nc3cc4n(n3)CC(=O)N(C3CCN(CC5CCN(c6ccc7c(c6F)CN(C6CCC(=O)NC6=O)C7=O)CC5)CC3)CC4)ncc2cc1F. The summed E-state index contributed by atoms with van der Waals surface area (Å²) in [5, 5.41) is 11.8. The third kappa shape index (κ3) is 7.76. The van der Waals surface area contributed by atoms with Crippen molar-refractivity contribution in [1.82, 2.24) is 44.7 Å². The van der Waals surface area contributed by atoms with Gasteiger partial charge in [0, 0.05) is 115 Å². The van der Waals surface area contributed by atoms with E-state index < -0.39 is 17.8 Å². The first kappa shape index (κ1) is 40.7. The summed E-state index contributed by atoms with van der Waals surface area (Å²) < 4.78 is 33.0. The van der Waals surface area contributed by atoms with Crippen molar-refractivity contribution in [2.45, 2.75) is 84.0 Å². The van der Waals surface area contributed by atoms with Crippen molar-refractivity contribution >= 4 is 51.7 Å². The minimum Gasteiger partial charge on any atom is -0.369 e. The number of piperidine rings is 3. The van der Waals surface area contributed by atoms with Crippen LogP contribution in [0.4, 0.5) is 26.1 Å². The monoisotopic (exact) mass is 857 g/mol. The van der Waals surface area contributed by atoms with Crippen molar-refractivity contribution in [1.29, 1.82) is 0 Å². The van der Waals surface area contributed by atoms with Crippen LogP contribution in [0.25, 0.3) is 21.9 Å². The molecule has 4 amide bonds. The van der Waals surface area contributed by atoms with Gasteiger partial charge < -0.3 is 24.9 Å².